The molecule has 0 unspecified atom stereocenters. The van der Waals surface area contributed by atoms with E-state index < -0.39 is 0 Å². The van der Waals surface area contributed by atoms with Gasteiger partial charge in [0.2, 0.25) is 0 Å². The second-order valence-electron chi connectivity index (χ2n) is 11.0. The van der Waals surface area contributed by atoms with E-state index in [0.717, 1.165) is 17.1 Å². The highest BCUT2D eigenvalue weighted by atomic mass is 15.1. The van der Waals surface area contributed by atoms with E-state index in [1.54, 1.807) is 0 Å². The van der Waals surface area contributed by atoms with Gasteiger partial charge >= 0.3 is 0 Å². The molecule has 0 saturated heterocycles. The normalized spacial score (nSPS) is 11.3. The molecule has 0 fully saturated rings. The van der Waals surface area contributed by atoms with E-state index in [2.05, 4.69) is 181 Å². The molecule has 0 bridgehead atoms. The number of nitrogens with zero attached hydrogens (tertiary/aromatic N) is 1. The average Bonchev–Trinajstić information content (AvgIpc) is 3.09. The van der Waals surface area contributed by atoms with Crippen molar-refractivity contribution >= 4 is 49.4 Å². The van der Waals surface area contributed by atoms with Crippen LogP contribution >= 0.6 is 0 Å². The Morgan fingerprint density at radius 3 is 1.47 bits per heavy atom. The Morgan fingerprint density at radius 1 is 0.302 bits per heavy atom. The van der Waals surface area contributed by atoms with Gasteiger partial charge in [-0.15, -0.1) is 0 Å². The lowest BCUT2D eigenvalue weighted by Crippen LogP contribution is -2.09. The van der Waals surface area contributed by atoms with Crippen LogP contribution in [0.15, 0.2) is 176 Å². The molecule has 0 aliphatic heterocycles. The second kappa shape index (κ2) is 10.6. The van der Waals surface area contributed by atoms with E-state index in [-0.39, 0.29) is 0 Å². The molecule has 202 valence electrons. The summed E-state index contributed by atoms with van der Waals surface area (Å²) in [7, 11) is 0. The van der Waals surface area contributed by atoms with Crippen LogP contribution in [0.1, 0.15) is 0 Å². The highest BCUT2D eigenvalue weighted by Gasteiger charge is 2.15. The first-order chi connectivity index (χ1) is 21.3. The third kappa shape index (κ3) is 4.52. The molecule has 0 amide bonds. The van der Waals surface area contributed by atoms with Gasteiger partial charge in [0.25, 0.3) is 0 Å². The molecule has 0 radical (unpaired) electrons. The zero-order chi connectivity index (χ0) is 28.6. The lowest BCUT2D eigenvalue weighted by Gasteiger charge is -2.26. The van der Waals surface area contributed by atoms with Crippen molar-refractivity contribution in [3.63, 3.8) is 0 Å². The summed E-state index contributed by atoms with van der Waals surface area (Å²) in [5.41, 5.74) is 8.28. The zero-order valence-electron chi connectivity index (χ0n) is 23.7. The first-order valence-corrected chi connectivity index (χ1v) is 14.8. The van der Waals surface area contributed by atoms with E-state index >= 15 is 0 Å². The highest BCUT2D eigenvalue weighted by Crippen LogP contribution is 2.41. The zero-order valence-corrected chi connectivity index (χ0v) is 23.7. The Balaban J connectivity index is 1.25. The van der Waals surface area contributed by atoms with Crippen molar-refractivity contribution in [3.05, 3.63) is 176 Å². The van der Waals surface area contributed by atoms with Gasteiger partial charge in [0.1, 0.15) is 0 Å². The quantitative estimate of drug-likeness (QED) is 0.194. The van der Waals surface area contributed by atoms with Crippen LogP contribution in [0.2, 0.25) is 0 Å². The lowest BCUT2D eigenvalue weighted by molar-refractivity contribution is 1.28. The fourth-order valence-electron chi connectivity index (χ4n) is 6.36. The van der Waals surface area contributed by atoms with Crippen molar-refractivity contribution in [2.24, 2.45) is 0 Å². The van der Waals surface area contributed by atoms with Crippen LogP contribution in [0.3, 0.4) is 0 Å². The lowest BCUT2D eigenvalue weighted by atomic mass is 9.90. The maximum absolute atomic E-state index is 2.35. The molecule has 0 heterocycles. The summed E-state index contributed by atoms with van der Waals surface area (Å²) < 4.78 is 0. The molecule has 8 aromatic carbocycles. The summed E-state index contributed by atoms with van der Waals surface area (Å²) >= 11 is 0. The smallest absolute Gasteiger partial charge is 0.0462 e. The number of hydrogen-bond donors (Lipinski definition) is 0. The topological polar surface area (TPSA) is 3.24 Å². The standard InChI is InChI=1S/C42H29N/c1-3-11-30(12-4-1)31-19-24-36(25-20-31)43(35-15-5-2-6-16-35)37-26-21-33(22-27-37)41-29-34-14-8-10-18-39(34)42-38-17-9-7-13-32(38)23-28-40(41)42/h1-29H. The number of para-hydroxylation sites is 1. The predicted octanol–water partition coefficient (Wildman–Crippen LogP) is 11.9. The SMILES string of the molecule is c1ccc(-c2ccc(N(c3ccccc3)c3ccc(-c4cc5ccccc5c5c4ccc4ccccc45)cc3)cc2)cc1. The average molecular weight is 548 g/mol. The highest BCUT2D eigenvalue weighted by molar-refractivity contribution is 6.24. The minimum atomic E-state index is 1.12. The van der Waals surface area contributed by atoms with Crippen molar-refractivity contribution < 1.29 is 0 Å². The van der Waals surface area contributed by atoms with Crippen LogP contribution in [0.4, 0.5) is 17.1 Å². The minimum Gasteiger partial charge on any atom is -0.311 e. The van der Waals surface area contributed by atoms with Crippen molar-refractivity contribution in [3.8, 4) is 22.3 Å². The summed E-state index contributed by atoms with van der Waals surface area (Å²) in [6, 6.07) is 63.3. The van der Waals surface area contributed by atoms with Crippen molar-refractivity contribution in [2.75, 3.05) is 4.90 Å². The monoisotopic (exact) mass is 547 g/mol. The summed E-state index contributed by atoms with van der Waals surface area (Å²) in [6.45, 7) is 0. The van der Waals surface area contributed by atoms with Gasteiger partial charge in [-0.05, 0) is 97.0 Å². The van der Waals surface area contributed by atoms with E-state index in [9.17, 15) is 0 Å². The fraction of sp³-hybridized carbons (Fsp3) is 0. The molecule has 1 nitrogen and oxygen atoms in total. The van der Waals surface area contributed by atoms with Gasteiger partial charge in [-0.25, -0.2) is 0 Å². The number of rotatable bonds is 5. The Morgan fingerprint density at radius 2 is 0.791 bits per heavy atom. The first-order valence-electron chi connectivity index (χ1n) is 14.8. The molecule has 0 spiro atoms. The van der Waals surface area contributed by atoms with Gasteiger partial charge < -0.3 is 4.90 Å². The number of fused-ring (bicyclic) bond motifs is 5. The van der Waals surface area contributed by atoms with Gasteiger partial charge in [-0.1, -0.05) is 133 Å². The Hall–Kier alpha value is -5.66. The largest absolute Gasteiger partial charge is 0.311 e. The van der Waals surface area contributed by atoms with Crippen LogP contribution in [-0.4, -0.2) is 0 Å². The number of anilines is 3. The molecular weight excluding hydrogens is 518 g/mol. The molecule has 0 aromatic heterocycles. The number of benzene rings is 8. The van der Waals surface area contributed by atoms with Gasteiger partial charge in [0, 0.05) is 17.1 Å². The van der Waals surface area contributed by atoms with Crippen LogP contribution in [0.5, 0.6) is 0 Å². The predicted molar refractivity (Wildman–Crippen MR) is 185 cm³/mol. The van der Waals surface area contributed by atoms with Crippen molar-refractivity contribution in [2.45, 2.75) is 0 Å². The molecule has 8 rings (SSSR count). The van der Waals surface area contributed by atoms with Gasteiger partial charge in [-0.2, -0.15) is 0 Å². The van der Waals surface area contributed by atoms with Crippen LogP contribution < -0.4 is 4.90 Å². The summed E-state index contributed by atoms with van der Waals surface area (Å²) in [5, 5.41) is 7.72. The molecule has 0 saturated carbocycles. The summed E-state index contributed by atoms with van der Waals surface area (Å²) in [4.78, 5) is 2.32. The summed E-state index contributed by atoms with van der Waals surface area (Å²) in [5.74, 6) is 0. The first kappa shape index (κ1) is 25.1. The molecule has 0 atom stereocenters. The summed E-state index contributed by atoms with van der Waals surface area (Å²) in [6.07, 6.45) is 0. The van der Waals surface area contributed by atoms with Crippen molar-refractivity contribution in [1.82, 2.24) is 0 Å². The third-order valence-corrected chi connectivity index (χ3v) is 8.43. The second-order valence-corrected chi connectivity index (χ2v) is 11.0. The Bertz CT molecular complexity index is 2180. The van der Waals surface area contributed by atoms with E-state index in [1.165, 1.54) is 54.6 Å². The van der Waals surface area contributed by atoms with Crippen LogP contribution in [-0.2, 0) is 0 Å². The molecule has 0 aliphatic carbocycles. The molecule has 43 heavy (non-hydrogen) atoms. The van der Waals surface area contributed by atoms with Crippen LogP contribution in [0, 0.1) is 0 Å². The van der Waals surface area contributed by atoms with Gasteiger partial charge in [0.15, 0.2) is 0 Å². The Kier molecular flexibility index (Phi) is 6.20. The van der Waals surface area contributed by atoms with Gasteiger partial charge in [0.05, 0.1) is 0 Å². The molecule has 1 heteroatoms. The van der Waals surface area contributed by atoms with E-state index in [4.69, 9.17) is 0 Å². The minimum absolute atomic E-state index is 1.12. The molecule has 8 aromatic rings. The maximum atomic E-state index is 2.35. The molecule has 0 aliphatic rings. The maximum Gasteiger partial charge on any atom is 0.0462 e. The fourth-order valence-corrected chi connectivity index (χ4v) is 6.36. The number of hydrogen-bond acceptors (Lipinski definition) is 1. The van der Waals surface area contributed by atoms with E-state index in [1.807, 2.05) is 0 Å². The van der Waals surface area contributed by atoms with Crippen molar-refractivity contribution in [1.29, 1.82) is 0 Å². The van der Waals surface area contributed by atoms with E-state index in [0.29, 0.717) is 0 Å². The van der Waals surface area contributed by atoms with Gasteiger partial charge in [-0.3, -0.25) is 0 Å². The van der Waals surface area contributed by atoms with Crippen LogP contribution in [0.25, 0.3) is 54.6 Å². The Labute approximate surface area is 251 Å². The molecular formula is C42H29N. The molecule has 0 N–H and O–H groups in total. The third-order valence-electron chi connectivity index (χ3n) is 8.43.